The molecule has 1 aliphatic heterocycles. The molecule has 2 atom stereocenters. The van der Waals surface area contributed by atoms with E-state index in [4.69, 9.17) is 10.5 Å². The number of nitrogens with two attached hydrogens (primary N) is 1. The predicted octanol–water partition coefficient (Wildman–Crippen LogP) is 2.32. The number of ether oxygens (including phenoxy) is 1. The van der Waals surface area contributed by atoms with Crippen molar-refractivity contribution in [3.05, 3.63) is 0 Å². The first-order valence-corrected chi connectivity index (χ1v) is 6.81. The summed E-state index contributed by atoms with van der Waals surface area (Å²) >= 11 is 0. The van der Waals surface area contributed by atoms with Gasteiger partial charge < -0.3 is 15.6 Å². The summed E-state index contributed by atoms with van der Waals surface area (Å²) in [6, 6.07) is 0. The fourth-order valence-corrected chi connectivity index (χ4v) is 3.01. The van der Waals surface area contributed by atoms with Gasteiger partial charge in [0.1, 0.15) is 0 Å². The van der Waals surface area contributed by atoms with Gasteiger partial charge in [0.25, 0.3) is 0 Å². The minimum Gasteiger partial charge on any atom is -0.396 e. The van der Waals surface area contributed by atoms with Crippen LogP contribution in [0, 0.1) is 11.3 Å². The van der Waals surface area contributed by atoms with Crippen molar-refractivity contribution < 1.29 is 9.84 Å². The van der Waals surface area contributed by atoms with E-state index in [9.17, 15) is 5.11 Å². The van der Waals surface area contributed by atoms with Gasteiger partial charge in [-0.3, -0.25) is 0 Å². The van der Waals surface area contributed by atoms with Crippen LogP contribution in [0.25, 0.3) is 0 Å². The van der Waals surface area contributed by atoms with E-state index >= 15 is 0 Å². The Balaban J connectivity index is 2.61. The van der Waals surface area contributed by atoms with E-state index in [1.165, 1.54) is 0 Å². The van der Waals surface area contributed by atoms with Crippen LogP contribution in [0.2, 0.25) is 0 Å². The molecular formula is C14H29NO2. The lowest BCUT2D eigenvalue weighted by atomic mass is 9.76. The Hall–Kier alpha value is -0.120. The second-order valence-corrected chi connectivity index (χ2v) is 6.70. The van der Waals surface area contributed by atoms with Gasteiger partial charge in [-0.2, -0.15) is 0 Å². The summed E-state index contributed by atoms with van der Waals surface area (Å²) in [7, 11) is 0. The second kappa shape index (κ2) is 5.68. The minimum atomic E-state index is -0.154. The molecule has 0 bridgehead atoms. The van der Waals surface area contributed by atoms with Crippen LogP contribution in [0.1, 0.15) is 53.4 Å². The summed E-state index contributed by atoms with van der Waals surface area (Å²) in [5.74, 6) is 0.556. The van der Waals surface area contributed by atoms with Crippen LogP contribution in [0.15, 0.2) is 0 Å². The molecule has 0 spiro atoms. The molecule has 3 nitrogen and oxygen atoms in total. The smallest absolute Gasteiger partial charge is 0.0631 e. The summed E-state index contributed by atoms with van der Waals surface area (Å²) in [6.45, 7) is 9.35. The predicted molar refractivity (Wildman–Crippen MR) is 70.8 cm³/mol. The molecule has 102 valence electrons. The highest BCUT2D eigenvalue weighted by molar-refractivity contribution is 4.89. The molecule has 2 unspecified atom stereocenters. The van der Waals surface area contributed by atoms with Gasteiger partial charge in [-0.1, -0.05) is 13.8 Å². The summed E-state index contributed by atoms with van der Waals surface area (Å²) in [4.78, 5) is 0. The molecule has 1 saturated heterocycles. The zero-order valence-electron chi connectivity index (χ0n) is 11.8. The molecule has 0 aromatic carbocycles. The first kappa shape index (κ1) is 14.9. The molecule has 1 rings (SSSR count). The summed E-state index contributed by atoms with van der Waals surface area (Å²) < 4.78 is 6.02. The van der Waals surface area contributed by atoms with Gasteiger partial charge >= 0.3 is 0 Å². The fourth-order valence-electron chi connectivity index (χ4n) is 3.01. The Kier molecular flexibility index (Phi) is 4.99. The molecule has 0 aromatic rings. The molecular weight excluding hydrogens is 214 g/mol. The van der Waals surface area contributed by atoms with E-state index in [0.717, 1.165) is 25.7 Å². The standard InChI is InChI=1S/C14H29NO2/c1-11(2)7-14(9-15,10-16)8-12-5-6-13(3,4)17-12/h11-12,16H,5-10,15H2,1-4H3. The lowest BCUT2D eigenvalue weighted by Crippen LogP contribution is -2.39. The number of aliphatic hydroxyl groups excluding tert-OH is 1. The maximum atomic E-state index is 9.68. The van der Waals surface area contributed by atoms with Crippen LogP contribution in [0.3, 0.4) is 0 Å². The first-order chi connectivity index (χ1) is 7.82. The molecule has 0 saturated carbocycles. The van der Waals surface area contributed by atoms with Crippen LogP contribution in [0.5, 0.6) is 0 Å². The molecule has 3 N–H and O–H groups in total. The molecule has 17 heavy (non-hydrogen) atoms. The van der Waals surface area contributed by atoms with Gasteiger partial charge in [0, 0.05) is 12.0 Å². The van der Waals surface area contributed by atoms with E-state index < -0.39 is 0 Å². The average Bonchev–Trinajstić information content (AvgIpc) is 2.56. The Morgan fingerprint density at radius 1 is 1.47 bits per heavy atom. The average molecular weight is 243 g/mol. The molecule has 0 radical (unpaired) electrons. The zero-order valence-corrected chi connectivity index (χ0v) is 11.8. The van der Waals surface area contributed by atoms with Crippen molar-refractivity contribution >= 4 is 0 Å². The highest BCUT2D eigenvalue weighted by atomic mass is 16.5. The Morgan fingerprint density at radius 3 is 2.47 bits per heavy atom. The normalized spacial score (nSPS) is 27.4. The van der Waals surface area contributed by atoms with Crippen LogP contribution >= 0.6 is 0 Å². The third-order valence-electron chi connectivity index (χ3n) is 3.82. The topological polar surface area (TPSA) is 55.5 Å². The highest BCUT2D eigenvalue weighted by Gasteiger charge is 2.38. The quantitative estimate of drug-likeness (QED) is 0.752. The lowest BCUT2D eigenvalue weighted by molar-refractivity contribution is -0.0460. The summed E-state index contributed by atoms with van der Waals surface area (Å²) in [5, 5.41) is 9.68. The summed E-state index contributed by atoms with van der Waals surface area (Å²) in [5.41, 5.74) is 5.74. The van der Waals surface area contributed by atoms with Crippen molar-refractivity contribution in [3.8, 4) is 0 Å². The molecule has 1 aliphatic rings. The van der Waals surface area contributed by atoms with E-state index in [0.29, 0.717) is 12.5 Å². The maximum absolute atomic E-state index is 9.68. The second-order valence-electron chi connectivity index (χ2n) is 6.70. The number of hydrogen-bond donors (Lipinski definition) is 2. The van der Waals surface area contributed by atoms with Crippen molar-refractivity contribution in [1.82, 2.24) is 0 Å². The van der Waals surface area contributed by atoms with Gasteiger partial charge in [-0.05, 0) is 45.4 Å². The third-order valence-corrected chi connectivity index (χ3v) is 3.82. The van der Waals surface area contributed by atoms with Crippen molar-refractivity contribution in [2.75, 3.05) is 13.2 Å². The van der Waals surface area contributed by atoms with Crippen LogP contribution in [-0.2, 0) is 4.74 Å². The van der Waals surface area contributed by atoms with Crippen LogP contribution < -0.4 is 5.73 Å². The van der Waals surface area contributed by atoms with Gasteiger partial charge in [-0.15, -0.1) is 0 Å². The van der Waals surface area contributed by atoms with Gasteiger partial charge in [-0.25, -0.2) is 0 Å². The molecule has 1 heterocycles. The number of hydrogen-bond acceptors (Lipinski definition) is 3. The lowest BCUT2D eigenvalue weighted by Gasteiger charge is -2.35. The van der Waals surface area contributed by atoms with Gasteiger partial charge in [0.05, 0.1) is 18.3 Å². The van der Waals surface area contributed by atoms with E-state index in [1.54, 1.807) is 0 Å². The van der Waals surface area contributed by atoms with E-state index in [2.05, 4.69) is 27.7 Å². The molecule has 0 aromatic heterocycles. The van der Waals surface area contributed by atoms with Crippen LogP contribution in [0.4, 0.5) is 0 Å². The van der Waals surface area contributed by atoms with Crippen molar-refractivity contribution in [2.24, 2.45) is 17.1 Å². The molecule has 0 aliphatic carbocycles. The summed E-state index contributed by atoms with van der Waals surface area (Å²) in [6.07, 6.45) is 4.32. The zero-order chi connectivity index (χ0) is 13.1. The number of rotatable bonds is 6. The third kappa shape index (κ3) is 4.23. The van der Waals surface area contributed by atoms with E-state index in [1.807, 2.05) is 0 Å². The Labute approximate surface area is 106 Å². The monoisotopic (exact) mass is 243 g/mol. The Bertz CT molecular complexity index is 234. The van der Waals surface area contributed by atoms with Gasteiger partial charge in [0.15, 0.2) is 0 Å². The van der Waals surface area contributed by atoms with Crippen molar-refractivity contribution in [3.63, 3.8) is 0 Å². The molecule has 3 heteroatoms. The van der Waals surface area contributed by atoms with Crippen molar-refractivity contribution in [2.45, 2.75) is 65.1 Å². The Morgan fingerprint density at radius 2 is 2.12 bits per heavy atom. The first-order valence-electron chi connectivity index (χ1n) is 6.81. The minimum absolute atomic E-state index is 0.00169. The number of aliphatic hydroxyl groups is 1. The maximum Gasteiger partial charge on any atom is 0.0631 e. The molecule has 0 amide bonds. The van der Waals surface area contributed by atoms with E-state index in [-0.39, 0.29) is 23.7 Å². The van der Waals surface area contributed by atoms with Gasteiger partial charge in [0.2, 0.25) is 0 Å². The molecule has 1 fully saturated rings. The fraction of sp³-hybridized carbons (Fsp3) is 1.00. The largest absolute Gasteiger partial charge is 0.396 e. The highest BCUT2D eigenvalue weighted by Crippen LogP contribution is 2.38. The van der Waals surface area contributed by atoms with Crippen molar-refractivity contribution in [1.29, 1.82) is 0 Å². The SMILES string of the molecule is CC(C)CC(CN)(CO)CC1CCC(C)(C)O1. The van der Waals surface area contributed by atoms with Crippen LogP contribution in [-0.4, -0.2) is 30.0 Å².